The zero-order chi connectivity index (χ0) is 37.6. The molecule has 1 heterocycles. The Hall–Kier alpha value is -7.55. The van der Waals surface area contributed by atoms with Crippen molar-refractivity contribution in [1.29, 1.82) is 0 Å². The molecule has 2 heteroatoms. The fourth-order valence-electron chi connectivity index (χ4n) is 9.49. The number of rotatable bonds is 3. The van der Waals surface area contributed by atoms with E-state index in [0.29, 0.717) is 5.39 Å². The van der Waals surface area contributed by atoms with E-state index in [-0.39, 0.29) is 5.56 Å². The molecule has 0 saturated carbocycles. The van der Waals surface area contributed by atoms with E-state index in [0.717, 1.165) is 44.2 Å². The molecule has 0 radical (unpaired) electrons. The zero-order valence-electron chi connectivity index (χ0n) is 30.9. The van der Waals surface area contributed by atoms with Crippen LogP contribution in [0.4, 0.5) is 0 Å². The molecule has 0 bridgehead atoms. The maximum absolute atomic E-state index is 14.4. The summed E-state index contributed by atoms with van der Waals surface area (Å²) in [5.41, 5.74) is 6.22. The molecule has 0 atom stereocenters. The number of pyridine rings is 1. The predicted octanol–water partition coefficient (Wildman–Crippen LogP) is 14.4. The summed E-state index contributed by atoms with van der Waals surface area (Å²) in [5, 5.41) is 17.8. The third-order valence-corrected chi connectivity index (χ3v) is 12.2. The second kappa shape index (κ2) is 12.2. The average Bonchev–Trinajstić information content (AvgIpc) is 3.29. The number of fused-ring (bicyclic) bond motifs is 15. The minimum absolute atomic E-state index is 0.0216. The molecule has 0 N–H and O–H groups in total. The molecule has 0 fully saturated rings. The van der Waals surface area contributed by atoms with Gasteiger partial charge in [-0.3, -0.25) is 9.36 Å². The van der Waals surface area contributed by atoms with Crippen LogP contribution in [0.3, 0.4) is 0 Å². The quantitative estimate of drug-likeness (QED) is 0.166. The van der Waals surface area contributed by atoms with Gasteiger partial charge in [-0.1, -0.05) is 158 Å². The van der Waals surface area contributed by atoms with Gasteiger partial charge in [0.2, 0.25) is 0 Å². The molecule has 57 heavy (non-hydrogen) atoms. The maximum Gasteiger partial charge on any atom is 0.263 e. The normalized spacial score (nSPS) is 11.9. The Morgan fingerprint density at radius 3 is 0.982 bits per heavy atom. The molecule has 0 spiro atoms. The van der Waals surface area contributed by atoms with Crippen LogP contribution in [0.5, 0.6) is 0 Å². The zero-order valence-corrected chi connectivity index (χ0v) is 30.9. The summed E-state index contributed by atoms with van der Waals surface area (Å²) in [6.45, 7) is 0. The number of hydrogen-bond acceptors (Lipinski definition) is 1. The van der Waals surface area contributed by atoms with Crippen molar-refractivity contribution in [3.8, 4) is 27.9 Å². The topological polar surface area (TPSA) is 22.0 Å². The van der Waals surface area contributed by atoms with Gasteiger partial charge in [0, 0.05) is 16.5 Å². The fourth-order valence-corrected chi connectivity index (χ4v) is 9.49. The Morgan fingerprint density at radius 2 is 0.544 bits per heavy atom. The summed E-state index contributed by atoms with van der Waals surface area (Å²) in [5.74, 6) is 0. The van der Waals surface area contributed by atoms with Crippen LogP contribution in [0.1, 0.15) is 0 Å². The Balaban J connectivity index is 1.00. The molecule has 0 saturated heterocycles. The monoisotopic (exact) mass is 723 g/mol. The van der Waals surface area contributed by atoms with Gasteiger partial charge in [0.1, 0.15) is 0 Å². The van der Waals surface area contributed by atoms with Crippen molar-refractivity contribution in [3.63, 3.8) is 0 Å². The SMILES string of the molecule is O=c1c2ccccc2c2cc(-c3ccc4c5ccccc5c5ccccc5c4c3)ccc2n1-c1ccc(-c2ccc3c4ccccc4c4ccccc4c3c2)cc1. The Labute approximate surface area is 328 Å². The van der Waals surface area contributed by atoms with E-state index >= 15 is 0 Å². The number of nitrogens with zero attached hydrogens (tertiary/aromatic N) is 1. The van der Waals surface area contributed by atoms with Crippen LogP contribution in [0.2, 0.25) is 0 Å². The van der Waals surface area contributed by atoms with Crippen molar-refractivity contribution in [2.45, 2.75) is 0 Å². The molecule has 12 aromatic rings. The number of hydrogen-bond donors (Lipinski definition) is 0. The van der Waals surface area contributed by atoms with Crippen LogP contribution >= 0.6 is 0 Å². The van der Waals surface area contributed by atoms with Gasteiger partial charge in [0.15, 0.2) is 0 Å². The van der Waals surface area contributed by atoms with Gasteiger partial charge in [-0.05, 0) is 135 Å². The smallest absolute Gasteiger partial charge is 0.263 e. The average molecular weight is 724 g/mol. The van der Waals surface area contributed by atoms with Gasteiger partial charge < -0.3 is 0 Å². The molecule has 0 amide bonds. The van der Waals surface area contributed by atoms with Crippen LogP contribution in [0.25, 0.3) is 114 Å². The third kappa shape index (κ3) is 4.74. The summed E-state index contributed by atoms with van der Waals surface area (Å²) in [7, 11) is 0. The molecule has 1 aromatic heterocycles. The highest BCUT2D eigenvalue weighted by atomic mass is 16.1. The highest BCUT2D eigenvalue weighted by molar-refractivity contribution is 6.27. The van der Waals surface area contributed by atoms with E-state index in [1.165, 1.54) is 64.6 Å². The Kier molecular flexibility index (Phi) is 6.81. The van der Waals surface area contributed by atoms with Crippen molar-refractivity contribution in [1.82, 2.24) is 4.57 Å². The van der Waals surface area contributed by atoms with Gasteiger partial charge in [0.25, 0.3) is 5.56 Å². The molecule has 264 valence electrons. The molecular weight excluding hydrogens is 691 g/mol. The highest BCUT2D eigenvalue weighted by Gasteiger charge is 2.16. The first-order valence-corrected chi connectivity index (χ1v) is 19.5. The van der Waals surface area contributed by atoms with Gasteiger partial charge in [-0.15, -0.1) is 0 Å². The molecule has 11 aromatic carbocycles. The predicted molar refractivity (Wildman–Crippen MR) is 243 cm³/mol. The van der Waals surface area contributed by atoms with Crippen LogP contribution in [-0.2, 0) is 0 Å². The standard InChI is InChI=1S/C55H33NO/c57-55-50-20-10-9-19-47(50)53-33-37(36-24-29-49-44-16-4-2-12-40(44)42-14-6-8-18-46(42)52(49)32-36)25-30-54(53)56(55)38-26-21-34(22-27-38)35-23-28-48-43-15-3-1-11-39(43)41-13-5-7-17-45(41)51(48)31-35/h1-33H. The van der Waals surface area contributed by atoms with Crippen LogP contribution in [-0.4, -0.2) is 4.57 Å². The minimum atomic E-state index is -0.0216. The van der Waals surface area contributed by atoms with Crippen molar-refractivity contribution in [2.24, 2.45) is 0 Å². The summed E-state index contributed by atoms with van der Waals surface area (Å²) < 4.78 is 1.88. The van der Waals surface area contributed by atoms with Gasteiger partial charge in [0.05, 0.1) is 5.52 Å². The molecule has 0 aliphatic carbocycles. The summed E-state index contributed by atoms with van der Waals surface area (Å²) in [6, 6.07) is 71.4. The Morgan fingerprint density at radius 1 is 0.246 bits per heavy atom. The highest BCUT2D eigenvalue weighted by Crippen LogP contribution is 2.40. The molecule has 0 unspecified atom stereocenters. The first kappa shape index (κ1) is 31.8. The van der Waals surface area contributed by atoms with E-state index in [1.54, 1.807) is 0 Å². The molecule has 0 aliphatic heterocycles. The molecule has 12 rings (SSSR count). The van der Waals surface area contributed by atoms with E-state index in [1.807, 2.05) is 22.8 Å². The number of aromatic nitrogens is 1. The lowest BCUT2D eigenvalue weighted by Gasteiger charge is -2.16. The Bertz CT molecular complexity index is 3640. The summed E-state index contributed by atoms with van der Waals surface area (Å²) in [6.07, 6.45) is 0. The summed E-state index contributed by atoms with van der Waals surface area (Å²) in [4.78, 5) is 14.4. The van der Waals surface area contributed by atoms with Gasteiger partial charge in [-0.2, -0.15) is 0 Å². The largest absolute Gasteiger partial charge is 0.276 e. The van der Waals surface area contributed by atoms with E-state index in [4.69, 9.17) is 0 Å². The lowest BCUT2D eigenvalue weighted by atomic mass is 9.91. The number of benzene rings is 11. The molecular formula is C55H33NO. The third-order valence-electron chi connectivity index (χ3n) is 12.2. The van der Waals surface area contributed by atoms with Crippen molar-refractivity contribution in [2.75, 3.05) is 0 Å². The van der Waals surface area contributed by atoms with E-state index in [2.05, 4.69) is 182 Å². The molecule has 0 aliphatic rings. The van der Waals surface area contributed by atoms with E-state index < -0.39 is 0 Å². The van der Waals surface area contributed by atoms with E-state index in [9.17, 15) is 4.79 Å². The lowest BCUT2D eigenvalue weighted by Crippen LogP contribution is -2.19. The van der Waals surface area contributed by atoms with Gasteiger partial charge in [-0.25, -0.2) is 0 Å². The van der Waals surface area contributed by atoms with Crippen molar-refractivity contribution in [3.05, 3.63) is 211 Å². The van der Waals surface area contributed by atoms with Crippen molar-refractivity contribution < 1.29 is 0 Å². The van der Waals surface area contributed by atoms with Gasteiger partial charge >= 0.3 is 0 Å². The first-order chi connectivity index (χ1) is 28.2. The molecule has 2 nitrogen and oxygen atoms in total. The summed E-state index contributed by atoms with van der Waals surface area (Å²) >= 11 is 0. The van der Waals surface area contributed by atoms with Crippen LogP contribution < -0.4 is 5.56 Å². The van der Waals surface area contributed by atoms with Crippen molar-refractivity contribution >= 4 is 86.3 Å². The minimum Gasteiger partial charge on any atom is -0.276 e. The fraction of sp³-hybridized carbons (Fsp3) is 0. The second-order valence-electron chi connectivity index (χ2n) is 15.2. The van der Waals surface area contributed by atoms with Crippen LogP contribution in [0.15, 0.2) is 205 Å². The lowest BCUT2D eigenvalue weighted by molar-refractivity contribution is 1.06. The second-order valence-corrected chi connectivity index (χ2v) is 15.2. The first-order valence-electron chi connectivity index (χ1n) is 19.5. The maximum atomic E-state index is 14.4. The van der Waals surface area contributed by atoms with Crippen LogP contribution in [0, 0.1) is 0 Å².